The number of nitrogens with zero attached hydrogens (tertiary/aromatic N) is 4. The summed E-state index contributed by atoms with van der Waals surface area (Å²) in [7, 11) is 0. The van der Waals surface area contributed by atoms with Gasteiger partial charge in [-0.05, 0) is 38.7 Å². The summed E-state index contributed by atoms with van der Waals surface area (Å²) in [6, 6.07) is 2.55. The molecule has 1 saturated heterocycles. The number of aromatic nitrogens is 4. The van der Waals surface area contributed by atoms with Gasteiger partial charge in [0.15, 0.2) is 0 Å². The smallest absolute Gasteiger partial charge is 0.226 e. The molecular formula is C14H17N5. The largest absolute Gasteiger partial charge is 0.338 e. The predicted octanol–water partition coefficient (Wildman–Crippen LogP) is 1.95. The monoisotopic (exact) mass is 255 g/mol. The summed E-state index contributed by atoms with van der Waals surface area (Å²) in [6.45, 7) is 3.30. The Kier molecular flexibility index (Phi) is 2.33. The van der Waals surface area contributed by atoms with E-state index in [4.69, 9.17) is 9.97 Å². The van der Waals surface area contributed by atoms with Crippen LogP contribution < -0.4 is 4.90 Å². The van der Waals surface area contributed by atoms with Gasteiger partial charge < -0.3 is 4.90 Å². The number of aromatic amines is 1. The molecule has 1 N–H and O–H groups in total. The van der Waals surface area contributed by atoms with Crippen molar-refractivity contribution in [1.82, 2.24) is 20.2 Å². The first-order valence-corrected chi connectivity index (χ1v) is 6.99. The van der Waals surface area contributed by atoms with Crippen molar-refractivity contribution in [1.29, 1.82) is 0 Å². The average molecular weight is 255 g/mol. The zero-order valence-corrected chi connectivity index (χ0v) is 11.1. The fourth-order valence-corrected chi connectivity index (χ4v) is 2.97. The summed E-state index contributed by atoms with van der Waals surface area (Å²) < 4.78 is 0. The molecule has 0 radical (unpaired) electrons. The first kappa shape index (κ1) is 11.0. The van der Waals surface area contributed by atoms with Crippen molar-refractivity contribution in [2.45, 2.75) is 38.6 Å². The van der Waals surface area contributed by atoms with E-state index in [9.17, 15) is 0 Å². The van der Waals surface area contributed by atoms with Gasteiger partial charge in [0.25, 0.3) is 0 Å². The van der Waals surface area contributed by atoms with E-state index < -0.39 is 0 Å². The number of fused-ring (bicyclic) bond motifs is 1. The van der Waals surface area contributed by atoms with Crippen LogP contribution >= 0.6 is 0 Å². The lowest BCUT2D eigenvalue weighted by Gasteiger charge is -2.39. The molecule has 2 aliphatic rings. The maximum atomic E-state index is 4.79. The molecule has 1 atom stereocenters. The fourth-order valence-electron chi connectivity index (χ4n) is 2.97. The van der Waals surface area contributed by atoms with E-state index in [-0.39, 0.29) is 0 Å². The Bertz CT molecular complexity index is 605. The molecule has 5 heteroatoms. The van der Waals surface area contributed by atoms with Gasteiger partial charge in [0.2, 0.25) is 5.95 Å². The lowest BCUT2D eigenvalue weighted by Crippen LogP contribution is -2.46. The number of nitrogens with one attached hydrogen (secondary N) is 1. The van der Waals surface area contributed by atoms with E-state index in [1.54, 1.807) is 0 Å². The minimum atomic E-state index is 0.562. The summed E-state index contributed by atoms with van der Waals surface area (Å²) in [6.07, 6.45) is 6.42. The van der Waals surface area contributed by atoms with Crippen LogP contribution in [0.25, 0.3) is 11.4 Å². The van der Waals surface area contributed by atoms with Crippen LogP contribution in [0.1, 0.15) is 31.0 Å². The average Bonchev–Trinajstić information content (AvgIpc) is 3.06. The predicted molar refractivity (Wildman–Crippen MR) is 73.1 cm³/mol. The van der Waals surface area contributed by atoms with Gasteiger partial charge in [-0.3, -0.25) is 5.10 Å². The van der Waals surface area contributed by atoms with E-state index in [1.807, 2.05) is 12.3 Å². The molecule has 2 aromatic rings. The Morgan fingerprint density at radius 1 is 1.32 bits per heavy atom. The van der Waals surface area contributed by atoms with Crippen LogP contribution in [0, 0.1) is 0 Å². The van der Waals surface area contributed by atoms with Crippen molar-refractivity contribution < 1.29 is 0 Å². The summed E-state index contributed by atoms with van der Waals surface area (Å²) >= 11 is 0. The van der Waals surface area contributed by atoms with Gasteiger partial charge in [0, 0.05) is 30.0 Å². The first-order chi connectivity index (χ1) is 9.33. The molecule has 19 heavy (non-hydrogen) atoms. The first-order valence-electron chi connectivity index (χ1n) is 6.99. The SMILES string of the molecule is C[C@H]1CCN1c1nc2c(c(-c3cc[nH]n3)n1)CCC2. The van der Waals surface area contributed by atoms with Crippen LogP contribution in [0.2, 0.25) is 0 Å². The second-order valence-corrected chi connectivity index (χ2v) is 5.44. The van der Waals surface area contributed by atoms with Crippen LogP contribution in [-0.4, -0.2) is 32.8 Å². The van der Waals surface area contributed by atoms with Crippen LogP contribution in [-0.2, 0) is 12.8 Å². The molecule has 2 aromatic heterocycles. The second kappa shape index (κ2) is 4.05. The standard InChI is InChI=1S/C14H17N5/c1-9-6-8-19(9)14-16-11-4-2-3-10(11)13(17-14)12-5-7-15-18-12/h5,7,9H,2-4,6,8H2,1H3,(H,15,18)/t9-/m0/s1. The Balaban J connectivity index is 1.85. The number of aryl methyl sites for hydroxylation is 1. The highest BCUT2D eigenvalue weighted by Gasteiger charge is 2.29. The molecule has 0 bridgehead atoms. The van der Waals surface area contributed by atoms with Gasteiger partial charge in [-0.1, -0.05) is 0 Å². The molecule has 0 aromatic carbocycles. The number of hydrogen-bond donors (Lipinski definition) is 1. The van der Waals surface area contributed by atoms with Crippen molar-refractivity contribution in [2.75, 3.05) is 11.4 Å². The Hall–Kier alpha value is -1.91. The number of H-pyrrole nitrogens is 1. The third kappa shape index (κ3) is 1.64. The van der Waals surface area contributed by atoms with Crippen molar-refractivity contribution in [3.63, 3.8) is 0 Å². The van der Waals surface area contributed by atoms with Crippen LogP contribution in [0.5, 0.6) is 0 Å². The van der Waals surface area contributed by atoms with Gasteiger partial charge in [-0.15, -0.1) is 0 Å². The topological polar surface area (TPSA) is 57.7 Å². The van der Waals surface area contributed by atoms with E-state index in [0.717, 1.165) is 36.7 Å². The molecule has 0 spiro atoms. The maximum absolute atomic E-state index is 4.79. The van der Waals surface area contributed by atoms with Crippen molar-refractivity contribution >= 4 is 5.95 Å². The summed E-state index contributed by atoms with van der Waals surface area (Å²) in [5, 5.41) is 7.17. The zero-order chi connectivity index (χ0) is 12.8. The third-order valence-corrected chi connectivity index (χ3v) is 4.24. The van der Waals surface area contributed by atoms with E-state index in [1.165, 1.54) is 24.1 Å². The Labute approximate surface area is 112 Å². The number of rotatable bonds is 2. The van der Waals surface area contributed by atoms with Crippen LogP contribution in [0.15, 0.2) is 12.3 Å². The van der Waals surface area contributed by atoms with Crippen LogP contribution in [0.3, 0.4) is 0 Å². The second-order valence-electron chi connectivity index (χ2n) is 5.44. The number of hydrogen-bond acceptors (Lipinski definition) is 4. The minimum absolute atomic E-state index is 0.562. The Morgan fingerprint density at radius 2 is 2.26 bits per heavy atom. The lowest BCUT2D eigenvalue weighted by atomic mass is 10.1. The van der Waals surface area contributed by atoms with E-state index >= 15 is 0 Å². The van der Waals surface area contributed by atoms with Gasteiger partial charge in [-0.25, -0.2) is 9.97 Å². The quantitative estimate of drug-likeness (QED) is 0.891. The fraction of sp³-hybridized carbons (Fsp3) is 0.500. The van der Waals surface area contributed by atoms with Crippen molar-refractivity contribution in [2.24, 2.45) is 0 Å². The van der Waals surface area contributed by atoms with Gasteiger partial charge >= 0.3 is 0 Å². The molecule has 1 aliphatic carbocycles. The zero-order valence-electron chi connectivity index (χ0n) is 11.1. The molecule has 4 rings (SSSR count). The molecule has 1 fully saturated rings. The number of anilines is 1. The molecule has 3 heterocycles. The highest BCUT2D eigenvalue weighted by molar-refractivity contribution is 5.63. The molecule has 0 saturated carbocycles. The third-order valence-electron chi connectivity index (χ3n) is 4.24. The highest BCUT2D eigenvalue weighted by Crippen LogP contribution is 2.32. The summed E-state index contributed by atoms with van der Waals surface area (Å²) in [5.41, 5.74) is 4.49. The molecule has 1 aliphatic heterocycles. The van der Waals surface area contributed by atoms with Crippen molar-refractivity contribution in [3.05, 3.63) is 23.5 Å². The summed E-state index contributed by atoms with van der Waals surface area (Å²) in [4.78, 5) is 11.9. The Morgan fingerprint density at radius 3 is 2.95 bits per heavy atom. The lowest BCUT2D eigenvalue weighted by molar-refractivity contribution is 0.470. The molecule has 98 valence electrons. The molecular weight excluding hydrogens is 238 g/mol. The summed E-state index contributed by atoms with van der Waals surface area (Å²) in [5.74, 6) is 0.886. The molecule has 0 unspecified atom stereocenters. The van der Waals surface area contributed by atoms with Crippen molar-refractivity contribution in [3.8, 4) is 11.4 Å². The van der Waals surface area contributed by atoms with E-state index in [2.05, 4.69) is 22.0 Å². The maximum Gasteiger partial charge on any atom is 0.226 e. The normalized spacial score (nSPS) is 21.3. The van der Waals surface area contributed by atoms with E-state index in [0.29, 0.717) is 6.04 Å². The van der Waals surface area contributed by atoms with Gasteiger partial charge in [0.05, 0.1) is 5.69 Å². The minimum Gasteiger partial charge on any atom is -0.338 e. The molecule has 5 nitrogen and oxygen atoms in total. The molecule has 0 amide bonds. The van der Waals surface area contributed by atoms with Gasteiger partial charge in [-0.2, -0.15) is 5.10 Å². The highest BCUT2D eigenvalue weighted by atomic mass is 15.3. The van der Waals surface area contributed by atoms with Gasteiger partial charge in [0.1, 0.15) is 5.69 Å². The van der Waals surface area contributed by atoms with Crippen LogP contribution in [0.4, 0.5) is 5.95 Å².